The predicted molar refractivity (Wildman–Crippen MR) is 96.0 cm³/mol. The van der Waals surface area contributed by atoms with E-state index in [4.69, 9.17) is 4.74 Å². The molecule has 0 bridgehead atoms. The molecule has 0 spiro atoms. The molecule has 2 rings (SSSR count). The second-order valence-electron chi connectivity index (χ2n) is 5.41. The quantitative estimate of drug-likeness (QED) is 0.430. The molecular weight excluding hydrogens is 407 g/mol. The van der Waals surface area contributed by atoms with Crippen molar-refractivity contribution in [2.24, 2.45) is 0 Å². The van der Waals surface area contributed by atoms with E-state index in [9.17, 15) is 15.2 Å². The standard InChI is InChI=1S/C17H19IN2O3/c1-2-23-15-9-11(8-14(18)16(15)21)7-12(10-19)17(22)20-13-5-3-4-6-13/h7-9,13,21H,2-6H2,1H3,(H,20,22)/b12-7-. The summed E-state index contributed by atoms with van der Waals surface area (Å²) in [5.74, 6) is 0.0677. The minimum atomic E-state index is -0.347. The lowest BCUT2D eigenvalue weighted by Crippen LogP contribution is -2.33. The van der Waals surface area contributed by atoms with Crippen molar-refractivity contribution >= 4 is 34.6 Å². The molecule has 0 aliphatic heterocycles. The van der Waals surface area contributed by atoms with Gasteiger partial charge in [0.05, 0.1) is 10.2 Å². The number of nitrogens with zero attached hydrogens (tertiary/aromatic N) is 1. The molecule has 0 heterocycles. The van der Waals surface area contributed by atoms with Crippen LogP contribution in [-0.4, -0.2) is 23.7 Å². The van der Waals surface area contributed by atoms with E-state index in [2.05, 4.69) is 5.32 Å². The van der Waals surface area contributed by atoms with Gasteiger partial charge in [0.1, 0.15) is 11.6 Å². The highest BCUT2D eigenvalue weighted by molar-refractivity contribution is 14.1. The van der Waals surface area contributed by atoms with Gasteiger partial charge in [0, 0.05) is 6.04 Å². The smallest absolute Gasteiger partial charge is 0.262 e. The maximum atomic E-state index is 12.2. The van der Waals surface area contributed by atoms with Gasteiger partial charge < -0.3 is 15.2 Å². The maximum absolute atomic E-state index is 12.2. The highest BCUT2D eigenvalue weighted by atomic mass is 127. The maximum Gasteiger partial charge on any atom is 0.262 e. The number of nitrogens with one attached hydrogen (secondary N) is 1. The number of ether oxygens (including phenoxy) is 1. The van der Waals surface area contributed by atoms with Crippen molar-refractivity contribution in [2.45, 2.75) is 38.6 Å². The molecule has 1 aliphatic carbocycles. The summed E-state index contributed by atoms with van der Waals surface area (Å²) in [4.78, 5) is 12.2. The summed E-state index contributed by atoms with van der Waals surface area (Å²) in [6.07, 6.45) is 5.69. The first-order valence-corrected chi connectivity index (χ1v) is 8.71. The second kappa shape index (κ2) is 8.20. The molecule has 23 heavy (non-hydrogen) atoms. The van der Waals surface area contributed by atoms with Crippen LogP contribution >= 0.6 is 22.6 Å². The SMILES string of the molecule is CCOc1cc(/C=C(/C#N)C(=O)NC2CCCC2)cc(I)c1O. The van der Waals surface area contributed by atoms with E-state index >= 15 is 0 Å². The Labute approximate surface area is 149 Å². The van der Waals surface area contributed by atoms with Gasteiger partial charge in [0.2, 0.25) is 0 Å². The Morgan fingerprint density at radius 2 is 2.22 bits per heavy atom. The number of aromatic hydroxyl groups is 1. The summed E-state index contributed by atoms with van der Waals surface area (Å²) in [7, 11) is 0. The molecule has 1 aliphatic rings. The highest BCUT2D eigenvalue weighted by Gasteiger charge is 2.19. The first-order chi connectivity index (χ1) is 11.0. The van der Waals surface area contributed by atoms with Crippen LogP contribution in [-0.2, 0) is 4.79 Å². The molecule has 1 saturated carbocycles. The molecule has 6 heteroatoms. The van der Waals surface area contributed by atoms with Crippen LogP contribution < -0.4 is 10.1 Å². The summed E-state index contributed by atoms with van der Waals surface area (Å²) in [5.41, 5.74) is 0.703. The summed E-state index contributed by atoms with van der Waals surface area (Å²) in [5, 5.41) is 22.1. The first-order valence-electron chi connectivity index (χ1n) is 7.63. The van der Waals surface area contributed by atoms with Gasteiger partial charge in [-0.3, -0.25) is 4.79 Å². The third kappa shape index (κ3) is 4.61. The molecule has 1 amide bonds. The van der Waals surface area contributed by atoms with E-state index in [1.54, 1.807) is 12.1 Å². The fourth-order valence-electron chi connectivity index (χ4n) is 2.59. The Hall–Kier alpha value is -1.75. The number of nitriles is 1. The van der Waals surface area contributed by atoms with Crippen molar-refractivity contribution in [3.8, 4) is 17.6 Å². The number of hydrogen-bond donors (Lipinski definition) is 2. The van der Waals surface area contributed by atoms with Crippen molar-refractivity contribution in [3.05, 3.63) is 26.8 Å². The van der Waals surface area contributed by atoms with Crippen LogP contribution in [0, 0.1) is 14.9 Å². The molecule has 2 N–H and O–H groups in total. The van der Waals surface area contributed by atoms with E-state index in [-0.39, 0.29) is 23.3 Å². The third-order valence-corrected chi connectivity index (χ3v) is 4.54. The number of phenols is 1. The van der Waals surface area contributed by atoms with Crippen LogP contribution in [0.25, 0.3) is 6.08 Å². The first kappa shape index (κ1) is 17.6. The van der Waals surface area contributed by atoms with E-state index < -0.39 is 0 Å². The molecule has 122 valence electrons. The van der Waals surface area contributed by atoms with Gasteiger partial charge >= 0.3 is 0 Å². The normalized spacial score (nSPS) is 15.3. The number of halogens is 1. The molecule has 0 radical (unpaired) electrons. The van der Waals surface area contributed by atoms with Crippen molar-refractivity contribution in [1.29, 1.82) is 5.26 Å². The fourth-order valence-corrected chi connectivity index (χ4v) is 3.22. The van der Waals surface area contributed by atoms with E-state index in [0.29, 0.717) is 21.5 Å². The van der Waals surface area contributed by atoms with Crippen LogP contribution in [0.2, 0.25) is 0 Å². The van der Waals surface area contributed by atoms with Crippen LogP contribution in [0.4, 0.5) is 0 Å². The Bertz CT molecular complexity index is 659. The number of rotatable bonds is 5. The van der Waals surface area contributed by atoms with E-state index in [1.165, 1.54) is 6.08 Å². The Balaban J connectivity index is 2.23. The fraction of sp³-hybridized carbons (Fsp3) is 0.412. The molecule has 0 saturated heterocycles. The van der Waals surface area contributed by atoms with Crippen molar-refractivity contribution < 1.29 is 14.6 Å². The summed E-state index contributed by atoms with van der Waals surface area (Å²) < 4.78 is 5.98. The van der Waals surface area contributed by atoms with Gasteiger partial charge in [-0.25, -0.2) is 0 Å². The lowest BCUT2D eigenvalue weighted by molar-refractivity contribution is -0.117. The molecule has 1 aromatic rings. The number of carbonyl (C=O) groups is 1. The second-order valence-corrected chi connectivity index (χ2v) is 6.57. The van der Waals surface area contributed by atoms with Gasteiger partial charge in [0.25, 0.3) is 5.91 Å². The Morgan fingerprint density at radius 1 is 1.52 bits per heavy atom. The minimum absolute atomic E-state index is 0.0563. The topological polar surface area (TPSA) is 82.3 Å². The molecule has 5 nitrogen and oxygen atoms in total. The minimum Gasteiger partial charge on any atom is -0.504 e. The zero-order valence-corrected chi connectivity index (χ0v) is 15.1. The number of carbonyl (C=O) groups excluding carboxylic acids is 1. The Kier molecular flexibility index (Phi) is 6.28. The van der Waals surface area contributed by atoms with Gasteiger partial charge in [-0.2, -0.15) is 5.26 Å². The highest BCUT2D eigenvalue weighted by Crippen LogP contribution is 2.33. The van der Waals surface area contributed by atoms with Crippen molar-refractivity contribution in [2.75, 3.05) is 6.61 Å². The molecule has 0 atom stereocenters. The van der Waals surface area contributed by atoms with Crippen LogP contribution in [0.1, 0.15) is 38.2 Å². The molecule has 0 unspecified atom stereocenters. The van der Waals surface area contributed by atoms with Crippen LogP contribution in [0.5, 0.6) is 11.5 Å². The third-order valence-electron chi connectivity index (χ3n) is 3.72. The number of amides is 1. The number of hydrogen-bond acceptors (Lipinski definition) is 4. The number of benzene rings is 1. The van der Waals surface area contributed by atoms with Crippen LogP contribution in [0.15, 0.2) is 17.7 Å². The van der Waals surface area contributed by atoms with Crippen molar-refractivity contribution in [1.82, 2.24) is 5.32 Å². The lowest BCUT2D eigenvalue weighted by Gasteiger charge is -2.11. The predicted octanol–water partition coefficient (Wildman–Crippen LogP) is 3.36. The monoisotopic (exact) mass is 426 g/mol. The molecule has 1 aromatic carbocycles. The van der Waals surface area contributed by atoms with Gasteiger partial charge in [0.15, 0.2) is 11.5 Å². The van der Waals surface area contributed by atoms with Crippen LogP contribution in [0.3, 0.4) is 0 Å². The largest absolute Gasteiger partial charge is 0.504 e. The lowest BCUT2D eigenvalue weighted by atomic mass is 10.1. The van der Waals surface area contributed by atoms with Gasteiger partial charge in [-0.15, -0.1) is 0 Å². The molecular formula is C17H19IN2O3. The summed E-state index contributed by atoms with van der Waals surface area (Å²) in [6.45, 7) is 2.24. The summed E-state index contributed by atoms with van der Waals surface area (Å²) >= 11 is 1.99. The average Bonchev–Trinajstić information content (AvgIpc) is 3.02. The zero-order chi connectivity index (χ0) is 16.8. The number of phenolic OH excluding ortho intramolecular Hbond substituents is 1. The van der Waals surface area contributed by atoms with Gasteiger partial charge in [-0.05, 0) is 66.1 Å². The molecule has 1 fully saturated rings. The summed E-state index contributed by atoms with van der Waals surface area (Å²) in [6, 6.07) is 5.45. The van der Waals surface area contributed by atoms with Gasteiger partial charge in [-0.1, -0.05) is 12.8 Å². The zero-order valence-electron chi connectivity index (χ0n) is 12.9. The molecule has 0 aromatic heterocycles. The van der Waals surface area contributed by atoms with Crippen molar-refractivity contribution in [3.63, 3.8) is 0 Å². The average molecular weight is 426 g/mol. The van der Waals surface area contributed by atoms with E-state index in [0.717, 1.165) is 25.7 Å². The Morgan fingerprint density at radius 3 is 2.83 bits per heavy atom. The van der Waals surface area contributed by atoms with E-state index in [1.807, 2.05) is 35.6 Å².